The first-order valence-electron chi connectivity index (χ1n) is 6.08. The Bertz CT molecular complexity index is 476. The summed E-state index contributed by atoms with van der Waals surface area (Å²) in [6, 6.07) is 23.4. The van der Waals surface area contributed by atoms with Gasteiger partial charge in [-0.2, -0.15) is 5.26 Å². The van der Waals surface area contributed by atoms with E-state index in [1.54, 1.807) is 0 Å². The van der Waals surface area contributed by atoms with Crippen molar-refractivity contribution >= 4 is 18.5 Å². The van der Waals surface area contributed by atoms with Gasteiger partial charge < -0.3 is 0 Å². The molecule has 0 aliphatic heterocycles. The molecule has 2 rings (SSSR count). The zero-order valence-corrected chi connectivity index (χ0v) is 11.3. The molecule has 0 saturated heterocycles. The fourth-order valence-corrected chi connectivity index (χ4v) is 4.30. The SMILES string of the molecule is C[C@@H](C#N)CP(c1ccccc1)c1ccccc1. The third-order valence-electron chi connectivity index (χ3n) is 2.81. The van der Waals surface area contributed by atoms with Gasteiger partial charge in [-0.3, -0.25) is 0 Å². The van der Waals surface area contributed by atoms with Gasteiger partial charge in [-0.25, -0.2) is 0 Å². The van der Waals surface area contributed by atoms with Gasteiger partial charge in [0.1, 0.15) is 0 Å². The molecule has 90 valence electrons. The van der Waals surface area contributed by atoms with Gasteiger partial charge in [-0.05, 0) is 31.6 Å². The van der Waals surface area contributed by atoms with E-state index in [2.05, 4.69) is 54.6 Å². The minimum Gasteiger partial charge on any atom is -0.198 e. The van der Waals surface area contributed by atoms with Gasteiger partial charge in [0.05, 0.1) is 6.07 Å². The van der Waals surface area contributed by atoms with Crippen molar-refractivity contribution in [1.29, 1.82) is 5.26 Å². The molecule has 0 aliphatic carbocycles. The van der Waals surface area contributed by atoms with Crippen LogP contribution >= 0.6 is 7.92 Å². The molecule has 0 heterocycles. The molecule has 0 aliphatic rings. The summed E-state index contributed by atoms with van der Waals surface area (Å²) in [5, 5.41) is 11.7. The molecule has 18 heavy (non-hydrogen) atoms. The molecule has 0 aromatic heterocycles. The zero-order chi connectivity index (χ0) is 12.8. The maximum atomic E-state index is 9.04. The molecular weight excluding hydrogens is 237 g/mol. The molecule has 0 unspecified atom stereocenters. The highest BCUT2D eigenvalue weighted by atomic mass is 31.1. The van der Waals surface area contributed by atoms with Gasteiger partial charge in [0.15, 0.2) is 0 Å². The first-order chi connectivity index (χ1) is 8.81. The van der Waals surface area contributed by atoms with Gasteiger partial charge in [0, 0.05) is 5.92 Å². The third kappa shape index (κ3) is 3.19. The number of benzene rings is 2. The van der Waals surface area contributed by atoms with E-state index in [9.17, 15) is 0 Å². The van der Waals surface area contributed by atoms with E-state index in [4.69, 9.17) is 5.26 Å². The van der Waals surface area contributed by atoms with Gasteiger partial charge in [-0.1, -0.05) is 60.7 Å². The summed E-state index contributed by atoms with van der Waals surface area (Å²) in [5.74, 6) is 0.0940. The van der Waals surface area contributed by atoms with Gasteiger partial charge in [-0.15, -0.1) is 0 Å². The monoisotopic (exact) mass is 253 g/mol. The highest BCUT2D eigenvalue weighted by Crippen LogP contribution is 2.35. The number of hydrogen-bond acceptors (Lipinski definition) is 1. The molecule has 0 bridgehead atoms. The highest BCUT2D eigenvalue weighted by Gasteiger charge is 2.16. The van der Waals surface area contributed by atoms with Gasteiger partial charge >= 0.3 is 0 Å². The lowest BCUT2D eigenvalue weighted by atomic mass is 10.3. The molecular formula is C16H16NP. The predicted octanol–water partition coefficient (Wildman–Crippen LogP) is 3.28. The van der Waals surface area contributed by atoms with Crippen LogP contribution in [-0.4, -0.2) is 6.16 Å². The molecule has 0 N–H and O–H groups in total. The van der Waals surface area contributed by atoms with E-state index in [1.807, 2.05) is 19.1 Å². The fourth-order valence-electron chi connectivity index (χ4n) is 1.89. The molecule has 0 fully saturated rings. The lowest BCUT2D eigenvalue weighted by Crippen LogP contribution is -2.16. The summed E-state index contributed by atoms with van der Waals surface area (Å²) in [7, 11) is -0.419. The van der Waals surface area contributed by atoms with Crippen LogP contribution in [0.2, 0.25) is 0 Å². The average Bonchev–Trinajstić information content (AvgIpc) is 2.46. The van der Waals surface area contributed by atoms with Crippen molar-refractivity contribution in [3.63, 3.8) is 0 Å². The van der Waals surface area contributed by atoms with E-state index in [-0.39, 0.29) is 5.92 Å². The minimum atomic E-state index is -0.419. The standard InChI is InChI=1S/C16H16NP/c1-14(12-17)13-18(15-8-4-2-5-9-15)16-10-6-3-7-11-16/h2-11,14H,13H2,1H3/t14-/m0/s1. The number of hydrogen-bond donors (Lipinski definition) is 0. The largest absolute Gasteiger partial charge is 0.198 e. The smallest absolute Gasteiger partial charge is 0.0656 e. The third-order valence-corrected chi connectivity index (χ3v) is 5.57. The Morgan fingerprint density at radius 1 is 0.944 bits per heavy atom. The van der Waals surface area contributed by atoms with Crippen molar-refractivity contribution in [2.24, 2.45) is 5.92 Å². The number of nitrogens with zero attached hydrogens (tertiary/aromatic N) is 1. The molecule has 1 nitrogen and oxygen atoms in total. The predicted molar refractivity (Wildman–Crippen MR) is 78.7 cm³/mol. The Labute approximate surface area is 110 Å². The quantitative estimate of drug-likeness (QED) is 0.767. The first kappa shape index (κ1) is 12.8. The molecule has 1 atom stereocenters. The minimum absolute atomic E-state index is 0.0940. The van der Waals surface area contributed by atoms with Gasteiger partial charge in [0.2, 0.25) is 0 Å². The lowest BCUT2D eigenvalue weighted by molar-refractivity contribution is 0.860. The van der Waals surface area contributed by atoms with Crippen LogP contribution in [0.3, 0.4) is 0 Å². The molecule has 0 spiro atoms. The second-order valence-corrected chi connectivity index (χ2v) is 6.57. The summed E-state index contributed by atoms with van der Waals surface area (Å²) in [6.45, 7) is 2.00. The molecule has 2 heteroatoms. The van der Waals surface area contributed by atoms with Crippen LogP contribution < -0.4 is 10.6 Å². The van der Waals surface area contributed by atoms with Crippen LogP contribution in [0.25, 0.3) is 0 Å². The summed E-state index contributed by atoms with van der Waals surface area (Å²) in [6.07, 6.45) is 0.930. The Kier molecular flexibility index (Phi) is 4.51. The van der Waals surface area contributed by atoms with Crippen LogP contribution in [0.15, 0.2) is 60.7 Å². The van der Waals surface area contributed by atoms with E-state index < -0.39 is 7.92 Å². The maximum Gasteiger partial charge on any atom is 0.0656 e. The van der Waals surface area contributed by atoms with E-state index in [1.165, 1.54) is 10.6 Å². The normalized spacial score (nSPS) is 12.1. The Morgan fingerprint density at radius 2 is 1.39 bits per heavy atom. The second kappa shape index (κ2) is 6.34. The van der Waals surface area contributed by atoms with Crippen LogP contribution in [0.1, 0.15) is 6.92 Å². The highest BCUT2D eigenvalue weighted by molar-refractivity contribution is 7.73. The molecule has 2 aromatic carbocycles. The van der Waals surface area contributed by atoms with Crippen LogP contribution in [-0.2, 0) is 0 Å². The van der Waals surface area contributed by atoms with Gasteiger partial charge in [0.25, 0.3) is 0 Å². The summed E-state index contributed by atoms with van der Waals surface area (Å²) < 4.78 is 0. The summed E-state index contributed by atoms with van der Waals surface area (Å²) in [4.78, 5) is 0. The van der Waals surface area contributed by atoms with Crippen molar-refractivity contribution in [2.75, 3.05) is 6.16 Å². The second-order valence-electron chi connectivity index (χ2n) is 4.31. The fraction of sp³-hybridized carbons (Fsp3) is 0.188. The first-order valence-corrected chi connectivity index (χ1v) is 7.61. The topological polar surface area (TPSA) is 23.8 Å². The van der Waals surface area contributed by atoms with Crippen LogP contribution in [0, 0.1) is 17.2 Å². The van der Waals surface area contributed by atoms with Crippen LogP contribution in [0.5, 0.6) is 0 Å². The molecule has 0 radical (unpaired) electrons. The summed E-state index contributed by atoms with van der Waals surface area (Å²) in [5.41, 5.74) is 0. The van der Waals surface area contributed by atoms with Crippen molar-refractivity contribution in [2.45, 2.75) is 6.92 Å². The molecule has 2 aromatic rings. The van der Waals surface area contributed by atoms with E-state index in [0.717, 1.165) is 6.16 Å². The van der Waals surface area contributed by atoms with Crippen molar-refractivity contribution in [3.8, 4) is 6.07 Å². The maximum absolute atomic E-state index is 9.04. The van der Waals surface area contributed by atoms with Crippen molar-refractivity contribution < 1.29 is 0 Å². The van der Waals surface area contributed by atoms with Crippen molar-refractivity contribution in [3.05, 3.63) is 60.7 Å². The molecule has 0 saturated carbocycles. The van der Waals surface area contributed by atoms with E-state index >= 15 is 0 Å². The molecule has 0 amide bonds. The Balaban J connectivity index is 2.33. The van der Waals surface area contributed by atoms with Crippen LogP contribution in [0.4, 0.5) is 0 Å². The van der Waals surface area contributed by atoms with E-state index in [0.29, 0.717) is 0 Å². The lowest BCUT2D eigenvalue weighted by Gasteiger charge is -2.19. The Hall–Kier alpha value is -1.64. The number of rotatable bonds is 4. The summed E-state index contributed by atoms with van der Waals surface area (Å²) >= 11 is 0. The average molecular weight is 253 g/mol. The zero-order valence-electron chi connectivity index (χ0n) is 10.5. The Morgan fingerprint density at radius 3 is 1.78 bits per heavy atom. The van der Waals surface area contributed by atoms with Crippen molar-refractivity contribution in [1.82, 2.24) is 0 Å². The number of nitriles is 1.